The summed E-state index contributed by atoms with van der Waals surface area (Å²) in [5, 5.41) is 13.8. The van der Waals surface area contributed by atoms with Crippen LogP contribution in [0.15, 0.2) is 66.7 Å². The second-order valence-corrected chi connectivity index (χ2v) is 9.10. The molecule has 38 heavy (non-hydrogen) atoms. The van der Waals surface area contributed by atoms with Gasteiger partial charge in [-0.1, -0.05) is 18.2 Å². The third-order valence-corrected chi connectivity index (χ3v) is 6.39. The summed E-state index contributed by atoms with van der Waals surface area (Å²) in [7, 11) is 0. The van der Waals surface area contributed by atoms with E-state index in [4.69, 9.17) is 0 Å². The number of nitrogens with one attached hydrogen (secondary N) is 3. The number of anilines is 2. The van der Waals surface area contributed by atoms with Crippen LogP contribution in [0.3, 0.4) is 0 Å². The van der Waals surface area contributed by atoms with Gasteiger partial charge in [0.2, 0.25) is 5.95 Å². The first kappa shape index (κ1) is 25.7. The Morgan fingerprint density at radius 2 is 1.76 bits per heavy atom. The summed E-state index contributed by atoms with van der Waals surface area (Å²) >= 11 is 0. The van der Waals surface area contributed by atoms with Crippen LogP contribution in [0.1, 0.15) is 22.3 Å². The van der Waals surface area contributed by atoms with E-state index in [1.165, 1.54) is 10.6 Å². The Labute approximate surface area is 217 Å². The first-order valence-electron chi connectivity index (χ1n) is 12.5. The fraction of sp³-hybridized carbons (Fsp3) is 0.296. The third-order valence-electron chi connectivity index (χ3n) is 6.39. The molecule has 198 valence electrons. The molecule has 0 aliphatic carbocycles. The predicted molar refractivity (Wildman–Crippen MR) is 139 cm³/mol. The molecule has 1 aliphatic heterocycles. The van der Waals surface area contributed by atoms with Crippen molar-refractivity contribution in [1.29, 1.82) is 0 Å². The number of rotatable bonds is 8. The molecule has 4 aromatic rings. The minimum atomic E-state index is -4.44. The van der Waals surface area contributed by atoms with Gasteiger partial charge < -0.3 is 20.9 Å². The molecule has 1 fully saturated rings. The fourth-order valence-electron chi connectivity index (χ4n) is 4.41. The number of nitrogens with zero attached hydrogens (tertiary/aromatic N) is 4. The van der Waals surface area contributed by atoms with Gasteiger partial charge in [-0.25, -0.2) is 4.52 Å². The lowest BCUT2D eigenvalue weighted by Crippen LogP contribution is -2.44. The molecule has 0 bridgehead atoms. The standard InChI is InChI=1S/C27H28F3N7O/c28-27(29,30)21-5-1-4-20(18-21)23-6-2-7-24-34-26(35-37(23)24)33-22-10-8-19(9-11-22)25(38)32-12-3-15-36-16-13-31-14-17-36/h1-2,4-11,18,31H,3,12-17H2,(H,32,38)(H,33,35). The van der Waals surface area contributed by atoms with Crippen molar-refractivity contribution in [3.63, 3.8) is 0 Å². The Hall–Kier alpha value is -3.96. The van der Waals surface area contributed by atoms with Crippen LogP contribution in [0.5, 0.6) is 0 Å². The van der Waals surface area contributed by atoms with Crippen molar-refractivity contribution >= 4 is 23.2 Å². The molecule has 3 heterocycles. The highest BCUT2D eigenvalue weighted by molar-refractivity contribution is 5.94. The van der Waals surface area contributed by atoms with Gasteiger partial charge in [-0.05, 0) is 61.5 Å². The minimum Gasteiger partial charge on any atom is -0.352 e. The van der Waals surface area contributed by atoms with Crippen LogP contribution >= 0.6 is 0 Å². The topological polar surface area (TPSA) is 86.6 Å². The summed E-state index contributed by atoms with van der Waals surface area (Å²) in [5.41, 5.74) is 1.85. The first-order chi connectivity index (χ1) is 18.4. The van der Waals surface area contributed by atoms with Crippen molar-refractivity contribution in [3.05, 3.63) is 77.9 Å². The van der Waals surface area contributed by atoms with Gasteiger partial charge >= 0.3 is 6.18 Å². The number of fused-ring (bicyclic) bond motifs is 1. The van der Waals surface area contributed by atoms with Crippen molar-refractivity contribution < 1.29 is 18.0 Å². The second-order valence-electron chi connectivity index (χ2n) is 9.10. The van der Waals surface area contributed by atoms with E-state index in [2.05, 4.69) is 30.9 Å². The molecule has 3 N–H and O–H groups in total. The molecule has 1 amide bonds. The Bertz CT molecular complexity index is 1400. The van der Waals surface area contributed by atoms with Gasteiger partial charge in [-0.15, -0.1) is 5.10 Å². The van der Waals surface area contributed by atoms with Crippen molar-refractivity contribution in [2.24, 2.45) is 0 Å². The molecule has 2 aromatic heterocycles. The van der Waals surface area contributed by atoms with Gasteiger partial charge in [0, 0.05) is 49.5 Å². The molecule has 0 unspecified atom stereocenters. The lowest BCUT2D eigenvalue weighted by molar-refractivity contribution is -0.137. The maximum absolute atomic E-state index is 13.2. The number of hydrogen-bond acceptors (Lipinski definition) is 6. The van der Waals surface area contributed by atoms with E-state index < -0.39 is 11.7 Å². The Morgan fingerprint density at radius 1 is 1.00 bits per heavy atom. The average Bonchev–Trinajstić information content (AvgIpc) is 3.34. The lowest BCUT2D eigenvalue weighted by Gasteiger charge is -2.27. The third kappa shape index (κ3) is 6.12. The van der Waals surface area contributed by atoms with Gasteiger partial charge in [0.05, 0.1) is 11.3 Å². The number of piperazine rings is 1. The molecule has 1 saturated heterocycles. The molecular weight excluding hydrogens is 495 g/mol. The highest BCUT2D eigenvalue weighted by Crippen LogP contribution is 2.32. The monoisotopic (exact) mass is 523 g/mol. The quantitative estimate of drug-likeness (QED) is 0.301. The summed E-state index contributed by atoms with van der Waals surface area (Å²) < 4.78 is 41.1. The summed E-state index contributed by atoms with van der Waals surface area (Å²) in [6, 6.07) is 17.2. The molecule has 0 spiro atoms. The van der Waals surface area contributed by atoms with E-state index in [0.29, 0.717) is 34.7 Å². The van der Waals surface area contributed by atoms with Crippen molar-refractivity contribution in [1.82, 2.24) is 30.1 Å². The van der Waals surface area contributed by atoms with Crippen LogP contribution in [0.2, 0.25) is 0 Å². The highest BCUT2D eigenvalue weighted by Gasteiger charge is 2.30. The number of carbonyl (C=O) groups is 1. The van der Waals surface area contributed by atoms with Crippen molar-refractivity contribution in [2.75, 3.05) is 44.6 Å². The maximum Gasteiger partial charge on any atom is 0.416 e. The zero-order chi connectivity index (χ0) is 26.5. The van der Waals surface area contributed by atoms with Crippen LogP contribution in [-0.4, -0.2) is 64.7 Å². The van der Waals surface area contributed by atoms with Crippen LogP contribution in [-0.2, 0) is 6.18 Å². The molecular formula is C27H28F3N7O. The molecule has 1 aliphatic rings. The summed E-state index contributed by atoms with van der Waals surface area (Å²) in [6.07, 6.45) is -3.54. The zero-order valence-electron chi connectivity index (χ0n) is 20.6. The van der Waals surface area contributed by atoms with Crippen molar-refractivity contribution in [3.8, 4) is 11.3 Å². The van der Waals surface area contributed by atoms with E-state index in [1.54, 1.807) is 48.5 Å². The molecule has 5 rings (SSSR count). The maximum atomic E-state index is 13.2. The number of alkyl halides is 3. The number of benzene rings is 2. The van der Waals surface area contributed by atoms with Gasteiger partial charge in [-0.2, -0.15) is 18.2 Å². The number of halogens is 3. The lowest BCUT2D eigenvalue weighted by atomic mass is 10.1. The number of pyridine rings is 1. The van der Waals surface area contributed by atoms with Gasteiger partial charge in [-0.3, -0.25) is 4.79 Å². The van der Waals surface area contributed by atoms with E-state index in [9.17, 15) is 18.0 Å². The molecule has 0 atom stereocenters. The number of amides is 1. The highest BCUT2D eigenvalue weighted by atomic mass is 19.4. The molecule has 0 radical (unpaired) electrons. The van der Waals surface area contributed by atoms with Crippen molar-refractivity contribution in [2.45, 2.75) is 12.6 Å². The SMILES string of the molecule is O=C(NCCCN1CCNCC1)c1ccc(Nc2nc3cccc(-c4cccc(C(F)(F)F)c4)n3n2)cc1. The van der Waals surface area contributed by atoms with E-state index in [1.807, 2.05) is 0 Å². The van der Waals surface area contributed by atoms with E-state index in [0.717, 1.165) is 51.3 Å². The fourth-order valence-corrected chi connectivity index (χ4v) is 4.41. The molecule has 2 aromatic carbocycles. The first-order valence-corrected chi connectivity index (χ1v) is 12.5. The van der Waals surface area contributed by atoms with Gasteiger partial charge in [0.1, 0.15) is 0 Å². The predicted octanol–water partition coefficient (Wildman–Crippen LogP) is 4.18. The minimum absolute atomic E-state index is 0.131. The molecule has 8 nitrogen and oxygen atoms in total. The van der Waals surface area contributed by atoms with Crippen LogP contribution in [0, 0.1) is 0 Å². The van der Waals surface area contributed by atoms with E-state index in [-0.39, 0.29) is 11.9 Å². The Balaban J connectivity index is 1.22. The number of aromatic nitrogens is 3. The van der Waals surface area contributed by atoms with Crippen LogP contribution in [0.4, 0.5) is 24.8 Å². The summed E-state index contributed by atoms with van der Waals surface area (Å²) in [4.78, 5) is 19.3. The van der Waals surface area contributed by atoms with Crippen LogP contribution < -0.4 is 16.0 Å². The van der Waals surface area contributed by atoms with Crippen LogP contribution in [0.25, 0.3) is 16.9 Å². The van der Waals surface area contributed by atoms with Gasteiger partial charge in [0.25, 0.3) is 5.91 Å². The Morgan fingerprint density at radius 3 is 2.53 bits per heavy atom. The zero-order valence-corrected chi connectivity index (χ0v) is 20.6. The normalized spacial score (nSPS) is 14.5. The summed E-state index contributed by atoms with van der Waals surface area (Å²) in [5.74, 6) is 0.156. The number of hydrogen-bond donors (Lipinski definition) is 3. The smallest absolute Gasteiger partial charge is 0.352 e. The van der Waals surface area contributed by atoms with E-state index >= 15 is 0 Å². The second kappa shape index (κ2) is 11.2. The molecule has 0 saturated carbocycles. The Kier molecular flexibility index (Phi) is 7.57. The molecule has 11 heteroatoms. The number of carbonyl (C=O) groups excluding carboxylic acids is 1. The van der Waals surface area contributed by atoms with Gasteiger partial charge in [0.15, 0.2) is 5.65 Å². The largest absolute Gasteiger partial charge is 0.416 e. The average molecular weight is 524 g/mol. The summed E-state index contributed by atoms with van der Waals surface area (Å²) in [6.45, 7) is 5.67.